The van der Waals surface area contributed by atoms with E-state index >= 15 is 0 Å². The van der Waals surface area contributed by atoms with Gasteiger partial charge >= 0.3 is 0 Å². The molecule has 0 aromatic carbocycles. The van der Waals surface area contributed by atoms with Crippen LogP contribution in [0.5, 0.6) is 0 Å². The summed E-state index contributed by atoms with van der Waals surface area (Å²) in [7, 11) is 0. The summed E-state index contributed by atoms with van der Waals surface area (Å²) in [5.41, 5.74) is 0.763. The van der Waals surface area contributed by atoms with Crippen LogP contribution in [-0.2, 0) is 0 Å². The molecule has 0 bridgehead atoms. The summed E-state index contributed by atoms with van der Waals surface area (Å²) in [6, 6.07) is 0. The second kappa shape index (κ2) is 3.61. The first kappa shape index (κ1) is 9.79. The molecule has 0 spiro atoms. The summed E-state index contributed by atoms with van der Waals surface area (Å²) < 4.78 is 0. The summed E-state index contributed by atoms with van der Waals surface area (Å²) in [6.07, 6.45) is 5.57. The molecule has 12 heavy (non-hydrogen) atoms. The highest BCUT2D eigenvalue weighted by molar-refractivity contribution is 4.97. The van der Waals surface area contributed by atoms with Crippen LogP contribution in [0.3, 0.4) is 0 Å². The van der Waals surface area contributed by atoms with Gasteiger partial charge in [0.05, 0.1) is 5.60 Å². The molecule has 70 valence electrons. The zero-order valence-corrected chi connectivity index (χ0v) is 8.27. The molecule has 0 amide bonds. The Bertz CT molecular complexity index is 170. The molecule has 0 aliphatic heterocycles. The van der Waals surface area contributed by atoms with Gasteiger partial charge in [0, 0.05) is 0 Å². The van der Waals surface area contributed by atoms with E-state index in [0.717, 1.165) is 12.8 Å². The number of rotatable bonds is 2. The first-order valence-electron chi connectivity index (χ1n) is 4.89. The molecule has 1 aliphatic rings. The van der Waals surface area contributed by atoms with Gasteiger partial charge in [0.15, 0.2) is 0 Å². The lowest BCUT2D eigenvalue weighted by molar-refractivity contribution is -0.0313. The predicted octanol–water partition coefficient (Wildman–Crippen LogP) is 2.89. The van der Waals surface area contributed by atoms with E-state index in [0.29, 0.717) is 5.92 Å². The molecule has 1 N–H and O–H groups in total. The topological polar surface area (TPSA) is 20.2 Å². The highest BCUT2D eigenvalue weighted by atomic mass is 16.3. The molecular formula is C11H20O. The Balaban J connectivity index is 2.54. The third-order valence-electron chi connectivity index (χ3n) is 2.96. The first-order valence-corrected chi connectivity index (χ1v) is 4.89. The predicted molar refractivity (Wildman–Crippen MR) is 52.0 cm³/mol. The van der Waals surface area contributed by atoms with Gasteiger partial charge in [-0.3, -0.25) is 0 Å². The van der Waals surface area contributed by atoms with E-state index in [9.17, 15) is 5.11 Å². The number of aliphatic hydroxyl groups is 1. The van der Waals surface area contributed by atoms with Crippen LogP contribution in [0, 0.1) is 5.92 Å². The minimum Gasteiger partial charge on any atom is -0.390 e. The van der Waals surface area contributed by atoms with Crippen molar-refractivity contribution < 1.29 is 5.11 Å². The Labute approximate surface area is 75.5 Å². The molecule has 0 heterocycles. The van der Waals surface area contributed by atoms with Crippen molar-refractivity contribution in [2.75, 3.05) is 0 Å². The van der Waals surface area contributed by atoms with Gasteiger partial charge in [0.2, 0.25) is 0 Å². The normalized spacial score (nSPS) is 36.4. The molecule has 1 aliphatic carbocycles. The number of hydrogen-bond acceptors (Lipinski definition) is 1. The van der Waals surface area contributed by atoms with Crippen molar-refractivity contribution in [3.05, 3.63) is 12.2 Å². The molecule has 0 aromatic rings. The first-order chi connectivity index (χ1) is 5.52. The smallest absolute Gasteiger partial charge is 0.0650 e. The van der Waals surface area contributed by atoms with Gasteiger partial charge in [0.1, 0.15) is 0 Å². The van der Waals surface area contributed by atoms with E-state index in [-0.39, 0.29) is 0 Å². The summed E-state index contributed by atoms with van der Waals surface area (Å²) in [6.45, 7) is 7.92. The second-order valence-electron chi connectivity index (χ2n) is 4.46. The fourth-order valence-corrected chi connectivity index (χ4v) is 2.13. The average molecular weight is 168 g/mol. The van der Waals surface area contributed by atoms with Crippen LogP contribution in [0.1, 0.15) is 46.0 Å². The van der Waals surface area contributed by atoms with Crippen molar-refractivity contribution in [3.8, 4) is 0 Å². The highest BCUT2D eigenvalue weighted by Gasteiger charge is 2.33. The van der Waals surface area contributed by atoms with Crippen molar-refractivity contribution in [1.29, 1.82) is 0 Å². The lowest BCUT2D eigenvalue weighted by Crippen LogP contribution is -2.37. The second-order valence-corrected chi connectivity index (χ2v) is 4.46. The van der Waals surface area contributed by atoms with Crippen LogP contribution in [0.15, 0.2) is 12.2 Å². The number of hydrogen-bond donors (Lipinski definition) is 1. The van der Waals surface area contributed by atoms with Crippen LogP contribution in [0.4, 0.5) is 0 Å². The molecule has 1 nitrogen and oxygen atoms in total. The standard InChI is InChI=1S/C11H20O/c1-9(2)8-10-6-4-5-7-11(10,3)12/h10,12H,1,4-8H2,2-3H3/t10-,11+/m1/s1. The Morgan fingerprint density at radius 2 is 2.25 bits per heavy atom. The van der Waals surface area contributed by atoms with Crippen LogP contribution >= 0.6 is 0 Å². The molecule has 0 aromatic heterocycles. The molecule has 0 radical (unpaired) electrons. The van der Waals surface area contributed by atoms with E-state index in [4.69, 9.17) is 0 Å². The summed E-state index contributed by atoms with van der Waals surface area (Å²) in [4.78, 5) is 0. The highest BCUT2D eigenvalue weighted by Crippen LogP contribution is 2.36. The molecule has 1 rings (SSSR count). The quantitative estimate of drug-likeness (QED) is 0.629. The third-order valence-corrected chi connectivity index (χ3v) is 2.96. The summed E-state index contributed by atoms with van der Waals surface area (Å²) in [5, 5.41) is 10.0. The monoisotopic (exact) mass is 168 g/mol. The van der Waals surface area contributed by atoms with Gasteiger partial charge in [-0.2, -0.15) is 0 Å². The molecule has 1 saturated carbocycles. The van der Waals surface area contributed by atoms with E-state index in [1.165, 1.54) is 24.8 Å². The Morgan fingerprint density at radius 3 is 2.75 bits per heavy atom. The Hall–Kier alpha value is -0.300. The molecule has 0 unspecified atom stereocenters. The van der Waals surface area contributed by atoms with Crippen LogP contribution in [0.25, 0.3) is 0 Å². The minimum atomic E-state index is -0.433. The summed E-state index contributed by atoms with van der Waals surface area (Å²) >= 11 is 0. The van der Waals surface area contributed by atoms with Crippen molar-refractivity contribution >= 4 is 0 Å². The lowest BCUT2D eigenvalue weighted by Gasteiger charge is -2.37. The lowest BCUT2D eigenvalue weighted by atomic mass is 9.74. The van der Waals surface area contributed by atoms with Crippen LogP contribution < -0.4 is 0 Å². The maximum atomic E-state index is 10.0. The minimum absolute atomic E-state index is 0.433. The third kappa shape index (κ3) is 2.34. The molecular weight excluding hydrogens is 148 g/mol. The van der Waals surface area contributed by atoms with Crippen LogP contribution in [-0.4, -0.2) is 10.7 Å². The van der Waals surface area contributed by atoms with Gasteiger partial charge in [-0.15, -0.1) is 6.58 Å². The zero-order chi connectivity index (χ0) is 9.19. The molecule has 1 heteroatoms. The van der Waals surface area contributed by atoms with Gasteiger partial charge in [-0.1, -0.05) is 18.4 Å². The SMILES string of the molecule is C=C(C)C[C@H]1CCCC[C@]1(C)O. The molecule has 1 fully saturated rings. The maximum absolute atomic E-state index is 10.0. The van der Waals surface area contributed by atoms with Gasteiger partial charge in [-0.25, -0.2) is 0 Å². The van der Waals surface area contributed by atoms with E-state index in [1.807, 2.05) is 13.8 Å². The van der Waals surface area contributed by atoms with Gasteiger partial charge in [-0.05, 0) is 39.0 Å². The number of allylic oxidation sites excluding steroid dienone is 1. The van der Waals surface area contributed by atoms with Gasteiger partial charge < -0.3 is 5.11 Å². The van der Waals surface area contributed by atoms with Crippen molar-refractivity contribution in [3.63, 3.8) is 0 Å². The Kier molecular flexibility index (Phi) is 2.94. The molecule has 0 saturated heterocycles. The van der Waals surface area contributed by atoms with E-state index < -0.39 is 5.60 Å². The Morgan fingerprint density at radius 1 is 1.58 bits per heavy atom. The van der Waals surface area contributed by atoms with E-state index in [2.05, 4.69) is 6.58 Å². The van der Waals surface area contributed by atoms with Crippen molar-refractivity contribution in [1.82, 2.24) is 0 Å². The van der Waals surface area contributed by atoms with Crippen molar-refractivity contribution in [2.24, 2.45) is 5.92 Å². The average Bonchev–Trinajstić information content (AvgIpc) is 1.92. The fourth-order valence-electron chi connectivity index (χ4n) is 2.13. The largest absolute Gasteiger partial charge is 0.390 e. The maximum Gasteiger partial charge on any atom is 0.0650 e. The van der Waals surface area contributed by atoms with Crippen molar-refractivity contribution in [2.45, 2.75) is 51.6 Å². The van der Waals surface area contributed by atoms with Gasteiger partial charge in [0.25, 0.3) is 0 Å². The zero-order valence-electron chi connectivity index (χ0n) is 8.27. The van der Waals surface area contributed by atoms with E-state index in [1.54, 1.807) is 0 Å². The van der Waals surface area contributed by atoms with Crippen LogP contribution in [0.2, 0.25) is 0 Å². The molecule has 2 atom stereocenters. The summed E-state index contributed by atoms with van der Waals surface area (Å²) in [5.74, 6) is 0.448. The fraction of sp³-hybridized carbons (Fsp3) is 0.818.